The summed E-state index contributed by atoms with van der Waals surface area (Å²) < 4.78 is 0. The summed E-state index contributed by atoms with van der Waals surface area (Å²) in [7, 11) is 0. The van der Waals surface area contributed by atoms with E-state index >= 15 is 0 Å². The molecule has 0 saturated carbocycles. The van der Waals surface area contributed by atoms with Crippen LogP contribution in [0.2, 0.25) is 0 Å². The number of hydrogen-bond acceptors (Lipinski definition) is 5. The number of fused-ring (bicyclic) bond motifs is 2. The van der Waals surface area contributed by atoms with E-state index in [0.717, 1.165) is 76.5 Å². The van der Waals surface area contributed by atoms with Crippen LogP contribution < -0.4 is 16.1 Å². The van der Waals surface area contributed by atoms with Gasteiger partial charge in [-0.05, 0) is 84.9 Å². The van der Waals surface area contributed by atoms with Crippen molar-refractivity contribution < 1.29 is 0 Å². The van der Waals surface area contributed by atoms with Crippen molar-refractivity contribution >= 4 is 33.6 Å². The van der Waals surface area contributed by atoms with Crippen molar-refractivity contribution in [3.8, 4) is 11.1 Å². The highest BCUT2D eigenvalue weighted by Crippen LogP contribution is 2.28. The van der Waals surface area contributed by atoms with Crippen LogP contribution in [0.15, 0.2) is 70.5 Å². The van der Waals surface area contributed by atoms with Gasteiger partial charge in [-0.25, -0.2) is 0 Å². The highest BCUT2D eigenvalue weighted by molar-refractivity contribution is 6.37. The van der Waals surface area contributed by atoms with Crippen molar-refractivity contribution in [3.63, 3.8) is 0 Å². The van der Waals surface area contributed by atoms with Crippen molar-refractivity contribution in [2.24, 2.45) is 4.99 Å². The Hall–Kier alpha value is -3.61. The molecule has 4 aromatic rings. The predicted octanol–water partition coefficient (Wildman–Crippen LogP) is 5.35. The Labute approximate surface area is 216 Å². The quantitative estimate of drug-likeness (QED) is 0.274. The highest BCUT2D eigenvalue weighted by atomic mass is 16.1. The van der Waals surface area contributed by atoms with Crippen LogP contribution in [0.4, 0.5) is 0 Å². The first-order chi connectivity index (χ1) is 18.1. The summed E-state index contributed by atoms with van der Waals surface area (Å²) in [6.45, 7) is 2.79. The molecule has 2 aliphatic rings. The number of aromatic nitrogens is 1. The summed E-state index contributed by atoms with van der Waals surface area (Å²) in [5.74, 6) is 0. The fourth-order valence-electron chi connectivity index (χ4n) is 5.61. The maximum Gasteiger partial charge on any atom is 0.189 e. The number of aliphatic imine (C=N–C) groups is 1. The number of nitrogens with one attached hydrogen (secondary N) is 4. The molecule has 0 radical (unpaired) electrons. The van der Waals surface area contributed by atoms with Crippen LogP contribution in [-0.4, -0.2) is 42.6 Å². The first-order valence-electron chi connectivity index (χ1n) is 13.4. The van der Waals surface area contributed by atoms with Crippen LogP contribution >= 0.6 is 0 Å². The van der Waals surface area contributed by atoms with Crippen LogP contribution in [0.3, 0.4) is 0 Å². The molecule has 2 aliphatic heterocycles. The molecule has 0 aliphatic carbocycles. The minimum Gasteiger partial charge on any atom is -0.357 e. The number of piperidine rings is 1. The molecule has 4 N–H and O–H groups in total. The van der Waals surface area contributed by atoms with Gasteiger partial charge in [-0.3, -0.25) is 15.2 Å². The zero-order chi connectivity index (χ0) is 25.2. The summed E-state index contributed by atoms with van der Waals surface area (Å²) in [6.07, 6.45) is 7.47. The molecule has 0 spiro atoms. The Bertz CT molecular complexity index is 1540. The number of rotatable bonds is 6. The van der Waals surface area contributed by atoms with Crippen molar-refractivity contribution in [1.29, 1.82) is 5.41 Å². The molecule has 1 aromatic heterocycles. The number of hydrogen-bond donors (Lipinski definition) is 4. The first-order valence-corrected chi connectivity index (χ1v) is 13.4. The molecule has 2 saturated heterocycles. The topological polar surface area (TPSA) is 93.1 Å². The van der Waals surface area contributed by atoms with Crippen molar-refractivity contribution in [3.05, 3.63) is 82.1 Å². The highest BCUT2D eigenvalue weighted by Gasteiger charge is 2.17. The average Bonchev–Trinajstić information content (AvgIpc) is 3.46. The molecule has 6 heteroatoms. The lowest BCUT2D eigenvalue weighted by Crippen LogP contribution is -2.28. The smallest absolute Gasteiger partial charge is 0.189 e. The van der Waals surface area contributed by atoms with Gasteiger partial charge in [-0.2, -0.15) is 0 Å². The second-order valence-corrected chi connectivity index (χ2v) is 10.3. The van der Waals surface area contributed by atoms with Crippen molar-refractivity contribution in [2.75, 3.05) is 19.6 Å². The zero-order valence-electron chi connectivity index (χ0n) is 21.0. The lowest BCUT2D eigenvalue weighted by molar-refractivity contribution is 0.406. The van der Waals surface area contributed by atoms with E-state index in [1.807, 2.05) is 18.2 Å². The third-order valence-corrected chi connectivity index (χ3v) is 7.73. The normalized spacial score (nSPS) is 20.2. The monoisotopic (exact) mass is 491 g/mol. The van der Waals surface area contributed by atoms with E-state index in [0.29, 0.717) is 11.8 Å². The van der Waals surface area contributed by atoms with Crippen molar-refractivity contribution in [2.45, 2.75) is 44.2 Å². The Morgan fingerprint density at radius 2 is 1.70 bits per heavy atom. The number of pyridine rings is 1. The SMILES string of the molecule is N=C(C=NCC1CCCN1)c1ccc2cc(-c3ccc4c(=O)cc(C5CCCCN5)[nH]c4c3)ccc2c1. The summed E-state index contributed by atoms with van der Waals surface area (Å²) in [5, 5.41) is 18.3. The van der Waals surface area contributed by atoms with E-state index < -0.39 is 0 Å². The standard InChI is InChI=1S/C31H33N5O/c32-27(19-33-18-25-4-3-13-34-25)24-9-8-20-14-21(6-7-22(20)15-24)23-10-11-26-29(16-23)36-30(17-31(26)37)28-5-1-2-12-35-28/h6-11,14-17,19,25,28,32,34-35H,1-5,12-13,18H2,(H,36,37). The van der Waals surface area contributed by atoms with Gasteiger partial charge in [-0.1, -0.05) is 36.8 Å². The van der Waals surface area contributed by atoms with Gasteiger partial charge >= 0.3 is 0 Å². The van der Waals surface area contributed by atoms with Crippen LogP contribution in [0.25, 0.3) is 32.8 Å². The van der Waals surface area contributed by atoms with E-state index in [9.17, 15) is 4.79 Å². The van der Waals surface area contributed by atoms with E-state index in [1.54, 1.807) is 12.3 Å². The fraction of sp³-hybridized carbons (Fsp3) is 0.323. The lowest BCUT2D eigenvalue weighted by Gasteiger charge is -2.23. The van der Waals surface area contributed by atoms with Gasteiger partial charge in [0.2, 0.25) is 0 Å². The summed E-state index contributed by atoms with van der Waals surface area (Å²) in [5.41, 5.74) is 5.41. The molecule has 6 nitrogen and oxygen atoms in total. The number of aromatic amines is 1. The molecule has 0 bridgehead atoms. The van der Waals surface area contributed by atoms with Gasteiger partial charge in [0, 0.05) is 41.0 Å². The van der Waals surface area contributed by atoms with E-state index in [1.165, 1.54) is 19.3 Å². The molecule has 2 atom stereocenters. The third kappa shape index (κ3) is 5.13. The van der Waals surface area contributed by atoms with Crippen LogP contribution in [0.1, 0.15) is 49.4 Å². The molecular weight excluding hydrogens is 458 g/mol. The number of H-pyrrole nitrogens is 1. The molecule has 188 valence electrons. The second kappa shape index (κ2) is 10.4. The van der Waals surface area contributed by atoms with Gasteiger partial charge in [0.05, 0.1) is 17.8 Å². The average molecular weight is 492 g/mol. The fourth-order valence-corrected chi connectivity index (χ4v) is 5.61. The van der Waals surface area contributed by atoms with E-state index in [-0.39, 0.29) is 11.5 Å². The first kappa shape index (κ1) is 23.8. The molecule has 3 aromatic carbocycles. The lowest BCUT2D eigenvalue weighted by atomic mass is 9.97. The maximum atomic E-state index is 12.8. The minimum atomic E-state index is 0.0687. The Kier molecular flexibility index (Phi) is 6.68. The Balaban J connectivity index is 1.25. The molecule has 3 heterocycles. The third-order valence-electron chi connectivity index (χ3n) is 7.73. The number of nitrogens with zero attached hydrogens (tertiary/aromatic N) is 1. The summed E-state index contributed by atoms with van der Waals surface area (Å²) >= 11 is 0. The molecule has 6 rings (SSSR count). The second-order valence-electron chi connectivity index (χ2n) is 10.3. The van der Waals surface area contributed by atoms with Gasteiger partial charge in [0.15, 0.2) is 5.43 Å². The Morgan fingerprint density at radius 3 is 2.54 bits per heavy atom. The minimum absolute atomic E-state index is 0.0687. The van der Waals surface area contributed by atoms with Gasteiger partial charge in [0.1, 0.15) is 0 Å². The maximum absolute atomic E-state index is 12.8. The summed E-state index contributed by atoms with van der Waals surface area (Å²) in [6, 6.07) is 21.0. The molecule has 2 fully saturated rings. The van der Waals surface area contributed by atoms with E-state index in [2.05, 4.69) is 57.0 Å². The van der Waals surface area contributed by atoms with Gasteiger partial charge in [-0.15, -0.1) is 0 Å². The van der Waals surface area contributed by atoms with Gasteiger partial charge in [0.25, 0.3) is 0 Å². The summed E-state index contributed by atoms with van der Waals surface area (Å²) in [4.78, 5) is 20.8. The predicted molar refractivity (Wildman–Crippen MR) is 153 cm³/mol. The van der Waals surface area contributed by atoms with Crippen LogP contribution in [0, 0.1) is 5.41 Å². The van der Waals surface area contributed by atoms with Crippen LogP contribution in [-0.2, 0) is 0 Å². The molecule has 0 amide bonds. The van der Waals surface area contributed by atoms with Crippen molar-refractivity contribution in [1.82, 2.24) is 15.6 Å². The molecule has 2 unspecified atom stereocenters. The van der Waals surface area contributed by atoms with Crippen LogP contribution in [0.5, 0.6) is 0 Å². The largest absolute Gasteiger partial charge is 0.357 e. The zero-order valence-corrected chi connectivity index (χ0v) is 21.0. The van der Waals surface area contributed by atoms with Gasteiger partial charge < -0.3 is 15.6 Å². The molecule has 37 heavy (non-hydrogen) atoms. The van der Waals surface area contributed by atoms with E-state index in [4.69, 9.17) is 5.41 Å². The Morgan fingerprint density at radius 1 is 0.892 bits per heavy atom. The number of benzene rings is 3. The molecular formula is C31H33N5O.